The molecule has 2 aromatic rings. The number of nitrogens with zero attached hydrogens (tertiary/aromatic N) is 4. The predicted octanol–water partition coefficient (Wildman–Crippen LogP) is 0.612. The van der Waals surface area contributed by atoms with Gasteiger partial charge >= 0.3 is 0 Å². The van der Waals surface area contributed by atoms with Gasteiger partial charge in [0.25, 0.3) is 0 Å². The van der Waals surface area contributed by atoms with Gasteiger partial charge in [0, 0.05) is 6.20 Å². The lowest BCUT2D eigenvalue weighted by Crippen LogP contribution is -2.04. The largest absolute Gasteiger partial charge is 0.382 e. The highest BCUT2D eigenvalue weighted by Gasteiger charge is 1.98. The molecule has 0 amide bonds. The van der Waals surface area contributed by atoms with Gasteiger partial charge in [0.05, 0.1) is 30.3 Å². The average Bonchev–Trinajstić information content (AvgIpc) is 2.56. The first kappa shape index (κ1) is 8.68. The summed E-state index contributed by atoms with van der Waals surface area (Å²) in [5.74, 6) is 0.436. The molecule has 5 nitrogen and oxygen atoms in total. The molecule has 0 unspecified atom stereocenters. The van der Waals surface area contributed by atoms with Crippen LogP contribution in [0.4, 0.5) is 5.82 Å². The van der Waals surface area contributed by atoms with E-state index in [1.54, 1.807) is 12.4 Å². The molecule has 0 saturated heterocycles. The SMILES string of the molecule is Cc1ccn(Cc2cnc(N)cn2)n1. The molecule has 14 heavy (non-hydrogen) atoms. The normalized spacial score (nSPS) is 10.4. The van der Waals surface area contributed by atoms with Gasteiger partial charge < -0.3 is 5.73 Å². The maximum absolute atomic E-state index is 5.43. The van der Waals surface area contributed by atoms with E-state index in [-0.39, 0.29) is 0 Å². The molecule has 2 rings (SSSR count). The minimum Gasteiger partial charge on any atom is -0.382 e. The number of hydrogen-bond acceptors (Lipinski definition) is 4. The van der Waals surface area contributed by atoms with Crippen molar-refractivity contribution >= 4 is 5.82 Å². The van der Waals surface area contributed by atoms with E-state index in [2.05, 4.69) is 15.1 Å². The highest BCUT2D eigenvalue weighted by molar-refractivity contribution is 5.22. The van der Waals surface area contributed by atoms with E-state index in [0.717, 1.165) is 11.4 Å². The van der Waals surface area contributed by atoms with Crippen molar-refractivity contribution in [3.05, 3.63) is 36.0 Å². The molecule has 0 saturated carbocycles. The van der Waals surface area contributed by atoms with Gasteiger partial charge in [-0.05, 0) is 13.0 Å². The molecule has 0 aromatic carbocycles. The summed E-state index contributed by atoms with van der Waals surface area (Å²) in [6.07, 6.45) is 5.12. The van der Waals surface area contributed by atoms with Gasteiger partial charge in [0.2, 0.25) is 0 Å². The number of anilines is 1. The molecular weight excluding hydrogens is 178 g/mol. The highest BCUT2D eigenvalue weighted by Crippen LogP contribution is 2.00. The van der Waals surface area contributed by atoms with E-state index in [4.69, 9.17) is 5.73 Å². The van der Waals surface area contributed by atoms with E-state index in [9.17, 15) is 0 Å². The van der Waals surface area contributed by atoms with Gasteiger partial charge in [-0.15, -0.1) is 0 Å². The first-order valence-electron chi connectivity index (χ1n) is 4.30. The summed E-state index contributed by atoms with van der Waals surface area (Å²) in [4.78, 5) is 8.09. The Hall–Kier alpha value is -1.91. The maximum Gasteiger partial charge on any atom is 0.141 e. The van der Waals surface area contributed by atoms with Crippen LogP contribution in [-0.4, -0.2) is 19.7 Å². The number of aryl methyl sites for hydroxylation is 1. The Kier molecular flexibility index (Phi) is 2.14. The summed E-state index contributed by atoms with van der Waals surface area (Å²) in [6.45, 7) is 2.58. The van der Waals surface area contributed by atoms with Crippen LogP contribution in [0.15, 0.2) is 24.7 Å². The minimum atomic E-state index is 0.436. The van der Waals surface area contributed by atoms with Gasteiger partial charge in [0.15, 0.2) is 0 Å². The van der Waals surface area contributed by atoms with Gasteiger partial charge in [-0.1, -0.05) is 0 Å². The van der Waals surface area contributed by atoms with Crippen molar-refractivity contribution in [2.75, 3.05) is 5.73 Å². The summed E-state index contributed by atoms with van der Waals surface area (Å²) in [7, 11) is 0. The molecule has 0 aliphatic carbocycles. The van der Waals surface area contributed by atoms with Gasteiger partial charge in [-0.2, -0.15) is 5.10 Å². The number of rotatable bonds is 2. The van der Waals surface area contributed by atoms with Crippen molar-refractivity contribution < 1.29 is 0 Å². The fourth-order valence-electron chi connectivity index (χ4n) is 1.16. The summed E-state index contributed by atoms with van der Waals surface area (Å²) in [5.41, 5.74) is 7.27. The van der Waals surface area contributed by atoms with Gasteiger partial charge in [-0.3, -0.25) is 9.67 Å². The Morgan fingerprint density at radius 3 is 2.79 bits per heavy atom. The third kappa shape index (κ3) is 1.87. The Balaban J connectivity index is 2.15. The van der Waals surface area contributed by atoms with Crippen LogP contribution in [0.1, 0.15) is 11.4 Å². The number of nitrogen functional groups attached to an aromatic ring is 1. The van der Waals surface area contributed by atoms with Crippen LogP contribution in [0.5, 0.6) is 0 Å². The standard InChI is InChI=1S/C9H11N5/c1-7-2-3-14(13-7)6-8-4-12-9(10)5-11-8/h2-5H,6H2,1H3,(H2,10,12). The van der Waals surface area contributed by atoms with Crippen LogP contribution in [0.3, 0.4) is 0 Å². The van der Waals surface area contributed by atoms with Crippen molar-refractivity contribution in [2.24, 2.45) is 0 Å². The second-order valence-corrected chi connectivity index (χ2v) is 3.09. The molecule has 72 valence electrons. The van der Waals surface area contributed by atoms with Crippen LogP contribution in [0.2, 0.25) is 0 Å². The molecule has 0 bridgehead atoms. The molecule has 0 aliphatic rings. The first-order valence-corrected chi connectivity index (χ1v) is 4.30. The van der Waals surface area contributed by atoms with Crippen molar-refractivity contribution in [2.45, 2.75) is 13.5 Å². The van der Waals surface area contributed by atoms with Gasteiger partial charge in [0.1, 0.15) is 5.82 Å². The topological polar surface area (TPSA) is 69.6 Å². The van der Waals surface area contributed by atoms with Crippen LogP contribution in [0, 0.1) is 6.92 Å². The van der Waals surface area contributed by atoms with Crippen LogP contribution < -0.4 is 5.73 Å². The van der Waals surface area contributed by atoms with Crippen LogP contribution in [-0.2, 0) is 6.54 Å². The fourth-order valence-corrected chi connectivity index (χ4v) is 1.16. The van der Waals surface area contributed by atoms with E-state index >= 15 is 0 Å². The van der Waals surface area contributed by atoms with E-state index in [1.807, 2.05) is 23.9 Å². The number of hydrogen-bond donors (Lipinski definition) is 1. The van der Waals surface area contributed by atoms with Crippen molar-refractivity contribution in [3.8, 4) is 0 Å². The minimum absolute atomic E-state index is 0.436. The van der Waals surface area contributed by atoms with Crippen LogP contribution in [0.25, 0.3) is 0 Å². The summed E-state index contributed by atoms with van der Waals surface area (Å²) in [5, 5.41) is 4.25. The Bertz CT molecular complexity index is 417. The van der Waals surface area contributed by atoms with Crippen molar-refractivity contribution in [3.63, 3.8) is 0 Å². The van der Waals surface area contributed by atoms with Gasteiger partial charge in [-0.25, -0.2) is 4.98 Å². The van der Waals surface area contributed by atoms with E-state index in [1.165, 1.54) is 0 Å². The van der Waals surface area contributed by atoms with E-state index < -0.39 is 0 Å². The van der Waals surface area contributed by atoms with E-state index in [0.29, 0.717) is 12.4 Å². The fraction of sp³-hybridized carbons (Fsp3) is 0.222. The molecule has 2 heterocycles. The number of nitrogens with two attached hydrogens (primary N) is 1. The average molecular weight is 189 g/mol. The smallest absolute Gasteiger partial charge is 0.141 e. The molecular formula is C9H11N5. The molecule has 5 heteroatoms. The Labute approximate surface area is 81.6 Å². The summed E-state index contributed by atoms with van der Waals surface area (Å²) >= 11 is 0. The zero-order valence-corrected chi connectivity index (χ0v) is 7.88. The molecule has 0 spiro atoms. The lowest BCUT2D eigenvalue weighted by Gasteiger charge is -2.00. The maximum atomic E-state index is 5.43. The monoisotopic (exact) mass is 189 g/mol. The molecule has 2 aromatic heterocycles. The van der Waals surface area contributed by atoms with Crippen molar-refractivity contribution in [1.82, 2.24) is 19.7 Å². The molecule has 0 fully saturated rings. The Morgan fingerprint density at radius 1 is 1.36 bits per heavy atom. The molecule has 0 aliphatic heterocycles. The van der Waals surface area contributed by atoms with Crippen molar-refractivity contribution in [1.29, 1.82) is 0 Å². The zero-order valence-electron chi connectivity index (χ0n) is 7.88. The zero-order chi connectivity index (χ0) is 9.97. The number of aromatic nitrogens is 4. The molecule has 0 atom stereocenters. The van der Waals surface area contributed by atoms with Crippen LogP contribution >= 0.6 is 0 Å². The quantitative estimate of drug-likeness (QED) is 0.751. The second-order valence-electron chi connectivity index (χ2n) is 3.09. The lowest BCUT2D eigenvalue weighted by molar-refractivity contribution is 0.663. The third-order valence-electron chi connectivity index (χ3n) is 1.82. The first-order chi connectivity index (χ1) is 6.74. The highest BCUT2D eigenvalue weighted by atomic mass is 15.3. The summed E-state index contributed by atoms with van der Waals surface area (Å²) < 4.78 is 1.82. The molecule has 0 radical (unpaired) electrons. The summed E-state index contributed by atoms with van der Waals surface area (Å²) in [6, 6.07) is 1.95. The molecule has 2 N–H and O–H groups in total. The predicted molar refractivity (Wildman–Crippen MR) is 52.5 cm³/mol. The second kappa shape index (κ2) is 3.45. The Morgan fingerprint density at radius 2 is 2.21 bits per heavy atom. The lowest BCUT2D eigenvalue weighted by atomic mass is 10.4. The third-order valence-corrected chi connectivity index (χ3v) is 1.82.